The molecule has 0 amide bonds. The zero-order chi connectivity index (χ0) is 12.6. The number of hydrogen-bond donors (Lipinski definition) is 0. The molecule has 5 nitrogen and oxygen atoms in total. The summed E-state index contributed by atoms with van der Waals surface area (Å²) in [5.41, 5.74) is 3.09. The van der Waals surface area contributed by atoms with Crippen molar-refractivity contribution >= 4 is 10.0 Å². The fraction of sp³-hybridized carbons (Fsp3) is 0.636. The van der Waals surface area contributed by atoms with Crippen LogP contribution < -0.4 is 0 Å². The summed E-state index contributed by atoms with van der Waals surface area (Å²) in [6.45, 7) is 4.87. The first-order chi connectivity index (χ1) is 7.88. The van der Waals surface area contributed by atoms with Gasteiger partial charge >= 0.3 is 0 Å². The van der Waals surface area contributed by atoms with Gasteiger partial charge in [-0.15, -0.1) is 0 Å². The lowest BCUT2D eigenvalue weighted by Crippen LogP contribution is -2.32. The third-order valence-corrected chi connectivity index (χ3v) is 4.39. The summed E-state index contributed by atoms with van der Waals surface area (Å²) in [5.74, 6) is 0.758. The van der Waals surface area contributed by atoms with Crippen LogP contribution in [0.4, 0.5) is 0 Å². The second-order valence-corrected chi connectivity index (χ2v) is 6.43. The first kappa shape index (κ1) is 12.4. The molecule has 1 aliphatic rings. The largest absolute Gasteiger partial charge is 0.238 e. The second kappa shape index (κ2) is 4.34. The van der Waals surface area contributed by atoms with Crippen molar-refractivity contribution in [3.63, 3.8) is 0 Å². The number of aromatic nitrogens is 2. The standard InChI is InChI=1S/C11H17N3O2S/c1-8-10-4-6-14(17(3,15)16)7-5-11(10)13-9(2)12-8/h4-7H2,1-3H3. The molecular formula is C11H17N3O2S. The third kappa shape index (κ3) is 2.63. The van der Waals surface area contributed by atoms with Gasteiger partial charge in [-0.3, -0.25) is 0 Å². The van der Waals surface area contributed by atoms with Crippen LogP contribution >= 0.6 is 0 Å². The lowest BCUT2D eigenvalue weighted by molar-refractivity contribution is 0.430. The summed E-state index contributed by atoms with van der Waals surface area (Å²) in [6, 6.07) is 0. The molecule has 0 atom stereocenters. The molecule has 1 aliphatic heterocycles. The molecule has 1 aromatic heterocycles. The topological polar surface area (TPSA) is 63.2 Å². The van der Waals surface area contributed by atoms with Gasteiger partial charge in [0.05, 0.1) is 6.26 Å². The summed E-state index contributed by atoms with van der Waals surface area (Å²) in [6.07, 6.45) is 2.63. The minimum atomic E-state index is -3.10. The molecule has 0 aliphatic carbocycles. The molecule has 0 saturated carbocycles. The van der Waals surface area contributed by atoms with Crippen LogP contribution in [0.3, 0.4) is 0 Å². The maximum atomic E-state index is 11.5. The summed E-state index contributed by atoms with van der Waals surface area (Å²) < 4.78 is 24.6. The normalized spacial score (nSPS) is 17.6. The monoisotopic (exact) mass is 255 g/mol. The van der Waals surface area contributed by atoms with Crippen molar-refractivity contribution in [1.29, 1.82) is 0 Å². The Balaban J connectivity index is 2.33. The van der Waals surface area contributed by atoms with Crippen LogP contribution in [0.15, 0.2) is 0 Å². The average molecular weight is 255 g/mol. The zero-order valence-electron chi connectivity index (χ0n) is 10.4. The molecule has 0 fully saturated rings. The van der Waals surface area contributed by atoms with E-state index in [1.54, 1.807) is 0 Å². The van der Waals surface area contributed by atoms with Gasteiger partial charge in [0.25, 0.3) is 0 Å². The smallest absolute Gasteiger partial charge is 0.211 e. The van der Waals surface area contributed by atoms with E-state index in [0.29, 0.717) is 25.9 Å². The number of sulfonamides is 1. The van der Waals surface area contributed by atoms with Gasteiger partial charge in [0.1, 0.15) is 5.82 Å². The summed E-state index contributed by atoms with van der Waals surface area (Å²) in [4.78, 5) is 8.76. The van der Waals surface area contributed by atoms with Crippen molar-refractivity contribution in [1.82, 2.24) is 14.3 Å². The van der Waals surface area contributed by atoms with E-state index in [2.05, 4.69) is 9.97 Å². The van der Waals surface area contributed by atoms with Crippen LogP contribution in [0.25, 0.3) is 0 Å². The first-order valence-electron chi connectivity index (χ1n) is 5.66. The lowest BCUT2D eigenvalue weighted by Gasteiger charge is -2.16. The highest BCUT2D eigenvalue weighted by molar-refractivity contribution is 7.88. The van der Waals surface area contributed by atoms with Gasteiger partial charge in [-0.2, -0.15) is 0 Å². The maximum absolute atomic E-state index is 11.5. The average Bonchev–Trinajstić information content (AvgIpc) is 2.38. The Morgan fingerprint density at radius 1 is 1.12 bits per heavy atom. The molecule has 17 heavy (non-hydrogen) atoms. The Bertz CT molecular complexity index is 540. The van der Waals surface area contributed by atoms with Crippen LogP contribution in [0.2, 0.25) is 0 Å². The van der Waals surface area contributed by atoms with Gasteiger partial charge in [-0.05, 0) is 25.8 Å². The second-order valence-electron chi connectivity index (χ2n) is 4.44. The fourth-order valence-corrected chi connectivity index (χ4v) is 3.10. The SMILES string of the molecule is Cc1nc(C)c2c(n1)CCN(S(C)(=O)=O)CC2. The van der Waals surface area contributed by atoms with Gasteiger partial charge in [0, 0.05) is 30.9 Å². The Kier molecular flexibility index (Phi) is 3.18. The van der Waals surface area contributed by atoms with Crippen LogP contribution in [0.5, 0.6) is 0 Å². The van der Waals surface area contributed by atoms with E-state index in [1.807, 2.05) is 13.8 Å². The van der Waals surface area contributed by atoms with Crippen LogP contribution in [-0.2, 0) is 22.9 Å². The van der Waals surface area contributed by atoms with Crippen LogP contribution in [-0.4, -0.2) is 42.0 Å². The molecule has 0 saturated heterocycles. The molecule has 0 unspecified atom stereocenters. The highest BCUT2D eigenvalue weighted by atomic mass is 32.2. The minimum Gasteiger partial charge on any atom is -0.238 e. The van der Waals surface area contributed by atoms with E-state index in [9.17, 15) is 8.42 Å². The molecule has 1 aromatic rings. The van der Waals surface area contributed by atoms with Gasteiger partial charge in [0.15, 0.2) is 0 Å². The number of fused-ring (bicyclic) bond motifs is 1. The van der Waals surface area contributed by atoms with E-state index in [-0.39, 0.29) is 0 Å². The van der Waals surface area contributed by atoms with Gasteiger partial charge < -0.3 is 0 Å². The van der Waals surface area contributed by atoms with E-state index in [1.165, 1.54) is 10.6 Å². The van der Waals surface area contributed by atoms with E-state index in [4.69, 9.17) is 0 Å². The van der Waals surface area contributed by atoms with Crippen molar-refractivity contribution in [2.45, 2.75) is 26.7 Å². The molecule has 0 radical (unpaired) electrons. The Morgan fingerprint density at radius 3 is 2.41 bits per heavy atom. The molecule has 0 N–H and O–H groups in total. The predicted molar refractivity (Wildman–Crippen MR) is 65.3 cm³/mol. The zero-order valence-corrected chi connectivity index (χ0v) is 11.2. The number of nitrogens with zero attached hydrogens (tertiary/aromatic N) is 3. The molecular weight excluding hydrogens is 238 g/mol. The number of hydrogen-bond acceptors (Lipinski definition) is 4. The summed E-state index contributed by atoms with van der Waals surface area (Å²) in [7, 11) is -3.10. The molecule has 6 heteroatoms. The molecule has 0 spiro atoms. The van der Waals surface area contributed by atoms with Gasteiger partial charge in [0.2, 0.25) is 10.0 Å². The molecule has 2 heterocycles. The Hall–Kier alpha value is -1.01. The summed E-state index contributed by atoms with van der Waals surface area (Å²) in [5, 5.41) is 0. The Morgan fingerprint density at radius 2 is 1.76 bits per heavy atom. The van der Waals surface area contributed by atoms with Crippen molar-refractivity contribution in [3.05, 3.63) is 22.8 Å². The highest BCUT2D eigenvalue weighted by Gasteiger charge is 2.22. The number of aryl methyl sites for hydroxylation is 2. The van der Waals surface area contributed by atoms with Crippen molar-refractivity contribution < 1.29 is 8.42 Å². The van der Waals surface area contributed by atoms with E-state index in [0.717, 1.165) is 22.8 Å². The van der Waals surface area contributed by atoms with E-state index >= 15 is 0 Å². The van der Waals surface area contributed by atoms with Crippen molar-refractivity contribution in [3.8, 4) is 0 Å². The van der Waals surface area contributed by atoms with Crippen LogP contribution in [0, 0.1) is 13.8 Å². The first-order valence-corrected chi connectivity index (χ1v) is 7.51. The van der Waals surface area contributed by atoms with Gasteiger partial charge in [-0.25, -0.2) is 22.7 Å². The molecule has 0 aromatic carbocycles. The van der Waals surface area contributed by atoms with Gasteiger partial charge in [-0.1, -0.05) is 0 Å². The quantitative estimate of drug-likeness (QED) is 0.731. The molecule has 0 bridgehead atoms. The molecule has 94 valence electrons. The predicted octanol–water partition coefficient (Wildman–Crippen LogP) is 0.454. The maximum Gasteiger partial charge on any atom is 0.211 e. The third-order valence-electron chi connectivity index (χ3n) is 3.09. The number of rotatable bonds is 1. The summed E-state index contributed by atoms with van der Waals surface area (Å²) >= 11 is 0. The fourth-order valence-electron chi connectivity index (χ4n) is 2.25. The minimum absolute atomic E-state index is 0.516. The lowest BCUT2D eigenvalue weighted by atomic mass is 10.1. The van der Waals surface area contributed by atoms with E-state index < -0.39 is 10.0 Å². The van der Waals surface area contributed by atoms with Crippen molar-refractivity contribution in [2.24, 2.45) is 0 Å². The Labute approximate surface area is 102 Å². The van der Waals surface area contributed by atoms with Crippen LogP contribution in [0.1, 0.15) is 22.8 Å². The van der Waals surface area contributed by atoms with Crippen molar-refractivity contribution in [2.75, 3.05) is 19.3 Å². The molecule has 2 rings (SSSR count). The highest BCUT2D eigenvalue weighted by Crippen LogP contribution is 2.18.